The second-order valence-corrected chi connectivity index (χ2v) is 6.08. The highest BCUT2D eigenvalue weighted by molar-refractivity contribution is 7.22. The van der Waals surface area contributed by atoms with E-state index < -0.39 is 17.8 Å². The molecule has 5 nitrogen and oxygen atoms in total. The molecule has 2 aromatic rings. The largest absolute Gasteiger partial charge is 0.418 e. The van der Waals surface area contributed by atoms with E-state index in [0.717, 1.165) is 6.07 Å². The maximum absolute atomic E-state index is 13.1. The number of carbonyl (C=O) groups excluding carboxylic acids is 1. The molecule has 0 bridgehead atoms. The smallest absolute Gasteiger partial charge is 0.365 e. The Morgan fingerprint density at radius 1 is 1.48 bits per heavy atom. The fourth-order valence-corrected chi connectivity index (χ4v) is 3.47. The fraction of sp³-hybridized carbons (Fsp3) is 0.429. The van der Waals surface area contributed by atoms with Crippen LogP contribution in [0.15, 0.2) is 18.2 Å². The third-order valence-corrected chi connectivity index (χ3v) is 4.67. The van der Waals surface area contributed by atoms with Gasteiger partial charge in [-0.25, -0.2) is 4.98 Å². The van der Waals surface area contributed by atoms with E-state index in [0.29, 0.717) is 23.0 Å². The monoisotopic (exact) mass is 345 g/mol. The van der Waals surface area contributed by atoms with Gasteiger partial charge in [0.2, 0.25) is 0 Å². The number of fused-ring (bicyclic) bond motifs is 1. The van der Waals surface area contributed by atoms with E-state index in [1.54, 1.807) is 11.0 Å². The summed E-state index contributed by atoms with van der Waals surface area (Å²) in [7, 11) is 1.51. The summed E-state index contributed by atoms with van der Waals surface area (Å²) in [5.74, 6) is -0.258. The van der Waals surface area contributed by atoms with Crippen molar-refractivity contribution in [2.75, 3.05) is 31.6 Å². The molecule has 23 heavy (non-hydrogen) atoms. The van der Waals surface area contributed by atoms with Crippen LogP contribution in [0.4, 0.5) is 18.3 Å². The van der Waals surface area contributed by atoms with Crippen molar-refractivity contribution < 1.29 is 22.7 Å². The van der Waals surface area contributed by atoms with Crippen LogP contribution in [-0.4, -0.2) is 43.7 Å². The van der Waals surface area contributed by atoms with Crippen LogP contribution in [0.3, 0.4) is 0 Å². The van der Waals surface area contributed by atoms with E-state index in [-0.39, 0.29) is 18.0 Å². The highest BCUT2D eigenvalue weighted by Crippen LogP contribution is 2.38. The van der Waals surface area contributed by atoms with Gasteiger partial charge in [0.05, 0.1) is 28.9 Å². The number of morpholine rings is 1. The number of hydrogen-bond donors (Lipinski definition) is 1. The Morgan fingerprint density at radius 3 is 2.96 bits per heavy atom. The molecule has 2 heterocycles. The van der Waals surface area contributed by atoms with Gasteiger partial charge in [-0.15, -0.1) is 0 Å². The predicted molar refractivity (Wildman–Crippen MR) is 80.6 cm³/mol. The van der Waals surface area contributed by atoms with Crippen LogP contribution >= 0.6 is 11.3 Å². The van der Waals surface area contributed by atoms with Crippen molar-refractivity contribution in [3.05, 3.63) is 23.8 Å². The summed E-state index contributed by atoms with van der Waals surface area (Å²) >= 11 is 1.18. The minimum atomic E-state index is -4.44. The summed E-state index contributed by atoms with van der Waals surface area (Å²) < 4.78 is 45.0. The van der Waals surface area contributed by atoms with E-state index in [1.165, 1.54) is 24.5 Å². The molecule has 1 saturated heterocycles. The van der Waals surface area contributed by atoms with Gasteiger partial charge < -0.3 is 15.0 Å². The normalized spacial score (nSPS) is 19.1. The molecule has 1 fully saturated rings. The first kappa shape index (κ1) is 16.0. The number of carbonyl (C=O) groups is 1. The molecule has 1 aromatic carbocycles. The fourth-order valence-electron chi connectivity index (χ4n) is 2.44. The topological polar surface area (TPSA) is 54.5 Å². The number of para-hydroxylation sites is 1. The Balaban J connectivity index is 1.93. The Hall–Kier alpha value is -1.87. The molecular formula is C14H14F3N3O2S. The van der Waals surface area contributed by atoms with Gasteiger partial charge in [0.1, 0.15) is 0 Å². The molecule has 1 unspecified atom stereocenters. The Morgan fingerprint density at radius 2 is 2.26 bits per heavy atom. The van der Waals surface area contributed by atoms with E-state index >= 15 is 0 Å². The molecule has 1 aliphatic heterocycles. The lowest BCUT2D eigenvalue weighted by Crippen LogP contribution is -2.49. The number of rotatable bonds is 2. The zero-order chi connectivity index (χ0) is 16.6. The SMILES string of the molecule is CNC(=O)C1CN(c2nc3c(C(F)(F)F)cccc3s2)CCO1. The number of aromatic nitrogens is 1. The second-order valence-electron chi connectivity index (χ2n) is 5.07. The molecule has 9 heteroatoms. The van der Waals surface area contributed by atoms with E-state index in [1.807, 2.05) is 0 Å². The maximum Gasteiger partial charge on any atom is 0.418 e. The van der Waals surface area contributed by atoms with Crippen LogP contribution in [0.1, 0.15) is 5.56 Å². The lowest BCUT2D eigenvalue weighted by Gasteiger charge is -2.31. The molecule has 1 atom stereocenters. The molecule has 0 saturated carbocycles. The molecule has 1 amide bonds. The minimum Gasteiger partial charge on any atom is -0.365 e. The lowest BCUT2D eigenvalue weighted by atomic mass is 10.2. The number of benzene rings is 1. The van der Waals surface area contributed by atoms with Gasteiger partial charge in [-0.05, 0) is 12.1 Å². The van der Waals surface area contributed by atoms with Crippen LogP contribution in [0, 0.1) is 0 Å². The molecule has 0 spiro atoms. The second kappa shape index (κ2) is 5.97. The summed E-state index contributed by atoms with van der Waals surface area (Å²) in [5, 5.41) is 2.97. The number of thiazole rings is 1. The zero-order valence-electron chi connectivity index (χ0n) is 12.2. The number of nitrogens with zero attached hydrogens (tertiary/aromatic N) is 2. The first-order valence-electron chi connectivity index (χ1n) is 6.95. The number of alkyl halides is 3. The number of likely N-dealkylation sites (N-methyl/N-ethyl adjacent to an activating group) is 1. The van der Waals surface area contributed by atoms with Crippen molar-refractivity contribution in [3.63, 3.8) is 0 Å². The Labute approximate surface area is 134 Å². The van der Waals surface area contributed by atoms with Gasteiger partial charge in [0.25, 0.3) is 5.91 Å². The molecular weight excluding hydrogens is 331 g/mol. The average Bonchev–Trinajstić information content (AvgIpc) is 2.97. The van der Waals surface area contributed by atoms with Crippen molar-refractivity contribution in [3.8, 4) is 0 Å². The van der Waals surface area contributed by atoms with E-state index in [2.05, 4.69) is 10.3 Å². The first-order valence-corrected chi connectivity index (χ1v) is 7.76. The highest BCUT2D eigenvalue weighted by Gasteiger charge is 2.34. The van der Waals surface area contributed by atoms with Crippen LogP contribution in [0.5, 0.6) is 0 Å². The highest BCUT2D eigenvalue weighted by atomic mass is 32.1. The number of anilines is 1. The number of hydrogen-bond acceptors (Lipinski definition) is 5. The number of amides is 1. The maximum atomic E-state index is 13.1. The molecule has 1 aliphatic rings. The van der Waals surface area contributed by atoms with Gasteiger partial charge in [-0.1, -0.05) is 17.4 Å². The van der Waals surface area contributed by atoms with Crippen molar-refractivity contribution in [2.45, 2.75) is 12.3 Å². The average molecular weight is 345 g/mol. The van der Waals surface area contributed by atoms with Gasteiger partial charge in [0, 0.05) is 13.6 Å². The molecule has 0 aliphatic carbocycles. The van der Waals surface area contributed by atoms with E-state index in [4.69, 9.17) is 4.74 Å². The van der Waals surface area contributed by atoms with Crippen molar-refractivity contribution in [1.29, 1.82) is 0 Å². The summed E-state index contributed by atoms with van der Waals surface area (Å²) in [4.78, 5) is 17.6. The van der Waals surface area contributed by atoms with Crippen LogP contribution in [0.2, 0.25) is 0 Å². The molecule has 0 radical (unpaired) electrons. The quantitative estimate of drug-likeness (QED) is 0.907. The van der Waals surface area contributed by atoms with Gasteiger partial charge >= 0.3 is 6.18 Å². The van der Waals surface area contributed by atoms with E-state index in [9.17, 15) is 18.0 Å². The third-order valence-electron chi connectivity index (χ3n) is 3.59. The van der Waals surface area contributed by atoms with Crippen LogP contribution < -0.4 is 10.2 Å². The standard InChI is InChI=1S/C14H14F3N3O2S/c1-18-12(21)9-7-20(5-6-22-9)13-19-11-8(14(15,16)17)3-2-4-10(11)23-13/h2-4,9H,5-7H2,1H3,(H,18,21). The number of nitrogens with one attached hydrogen (secondary N) is 1. The summed E-state index contributed by atoms with van der Waals surface area (Å²) in [5.41, 5.74) is -0.795. The van der Waals surface area contributed by atoms with Crippen LogP contribution in [0.25, 0.3) is 10.2 Å². The summed E-state index contributed by atoms with van der Waals surface area (Å²) in [6.45, 7) is 1.07. The molecule has 1 aromatic heterocycles. The van der Waals surface area contributed by atoms with Gasteiger partial charge in [-0.2, -0.15) is 13.2 Å². The number of ether oxygens (including phenoxy) is 1. The lowest BCUT2D eigenvalue weighted by molar-refractivity contribution is -0.136. The molecule has 1 N–H and O–H groups in total. The third kappa shape index (κ3) is 3.11. The summed E-state index contributed by atoms with van der Waals surface area (Å²) in [6.07, 6.45) is -5.09. The van der Waals surface area contributed by atoms with Crippen molar-refractivity contribution >= 4 is 32.6 Å². The molecule has 3 rings (SSSR count). The Kier molecular flexibility index (Phi) is 4.15. The van der Waals surface area contributed by atoms with Crippen molar-refractivity contribution in [2.24, 2.45) is 0 Å². The number of halogens is 3. The molecule has 124 valence electrons. The Bertz CT molecular complexity index is 732. The van der Waals surface area contributed by atoms with Gasteiger partial charge in [0.15, 0.2) is 11.2 Å². The minimum absolute atomic E-state index is 0.0528. The van der Waals surface area contributed by atoms with Crippen molar-refractivity contribution in [1.82, 2.24) is 10.3 Å². The van der Waals surface area contributed by atoms with Gasteiger partial charge in [-0.3, -0.25) is 4.79 Å². The zero-order valence-corrected chi connectivity index (χ0v) is 13.0. The first-order chi connectivity index (χ1) is 10.9. The predicted octanol–water partition coefficient (Wildman–Crippen LogP) is 2.27. The van der Waals surface area contributed by atoms with Crippen LogP contribution in [-0.2, 0) is 15.7 Å². The summed E-state index contributed by atoms with van der Waals surface area (Å²) in [6, 6.07) is 4.01.